The van der Waals surface area contributed by atoms with Gasteiger partial charge in [-0.05, 0) is 18.8 Å². The number of H-pyrrole nitrogens is 1. The maximum atomic E-state index is 3.98. The van der Waals surface area contributed by atoms with Crippen LogP contribution in [0.2, 0.25) is 0 Å². The van der Waals surface area contributed by atoms with E-state index in [2.05, 4.69) is 21.8 Å². The van der Waals surface area contributed by atoms with Crippen molar-refractivity contribution in [3.05, 3.63) is 18.2 Å². The predicted molar refractivity (Wildman–Crippen MR) is 61.3 cm³/mol. The zero-order valence-electron chi connectivity index (χ0n) is 9.13. The summed E-state index contributed by atoms with van der Waals surface area (Å²) in [4.78, 5) is 7.06. The Hall–Kier alpha value is -1.23. The fourth-order valence-corrected chi connectivity index (χ4v) is 1.85. The molecular formula is C13H18N2. The van der Waals surface area contributed by atoms with E-state index in [1.165, 1.54) is 31.4 Å². The molecule has 1 aliphatic rings. The molecule has 80 valence electrons. The molecule has 15 heavy (non-hydrogen) atoms. The normalized spacial score (nSPS) is 15.5. The SMILES string of the molecule is C(#CCCC1CCC1)CCc1cnc[nH]1. The van der Waals surface area contributed by atoms with Crippen molar-refractivity contribution in [1.82, 2.24) is 9.97 Å². The van der Waals surface area contributed by atoms with Gasteiger partial charge in [-0.3, -0.25) is 0 Å². The summed E-state index contributed by atoms with van der Waals surface area (Å²) in [7, 11) is 0. The number of aromatic amines is 1. The molecule has 1 aromatic rings. The van der Waals surface area contributed by atoms with Gasteiger partial charge in [0.15, 0.2) is 0 Å². The van der Waals surface area contributed by atoms with Crippen molar-refractivity contribution in [2.75, 3.05) is 0 Å². The summed E-state index contributed by atoms with van der Waals surface area (Å²) in [6.07, 6.45) is 12.3. The van der Waals surface area contributed by atoms with Crippen molar-refractivity contribution in [2.24, 2.45) is 5.92 Å². The van der Waals surface area contributed by atoms with Crippen LogP contribution in [0.15, 0.2) is 12.5 Å². The molecular weight excluding hydrogens is 184 g/mol. The summed E-state index contributed by atoms with van der Waals surface area (Å²) in [5, 5.41) is 0. The van der Waals surface area contributed by atoms with Crippen molar-refractivity contribution < 1.29 is 0 Å². The molecule has 2 heteroatoms. The number of rotatable bonds is 4. The first-order chi connectivity index (χ1) is 7.45. The van der Waals surface area contributed by atoms with E-state index in [1.807, 2.05) is 6.20 Å². The van der Waals surface area contributed by atoms with E-state index in [4.69, 9.17) is 0 Å². The highest BCUT2D eigenvalue weighted by molar-refractivity contribution is 5.03. The molecule has 1 aliphatic carbocycles. The Morgan fingerprint density at radius 2 is 2.20 bits per heavy atom. The van der Waals surface area contributed by atoms with Crippen LogP contribution in [0.1, 0.15) is 44.2 Å². The zero-order valence-corrected chi connectivity index (χ0v) is 9.13. The molecule has 0 spiro atoms. The van der Waals surface area contributed by atoms with E-state index in [9.17, 15) is 0 Å². The van der Waals surface area contributed by atoms with Gasteiger partial charge >= 0.3 is 0 Å². The van der Waals surface area contributed by atoms with Crippen LogP contribution in [-0.4, -0.2) is 9.97 Å². The van der Waals surface area contributed by atoms with Crippen LogP contribution in [0.4, 0.5) is 0 Å². The lowest BCUT2D eigenvalue weighted by Crippen LogP contribution is -2.09. The van der Waals surface area contributed by atoms with Gasteiger partial charge in [0.2, 0.25) is 0 Å². The average Bonchev–Trinajstić information content (AvgIpc) is 2.66. The third-order valence-electron chi connectivity index (χ3n) is 3.10. The minimum Gasteiger partial charge on any atom is -0.348 e. The van der Waals surface area contributed by atoms with Gasteiger partial charge < -0.3 is 4.98 Å². The average molecular weight is 202 g/mol. The highest BCUT2D eigenvalue weighted by atomic mass is 14.9. The van der Waals surface area contributed by atoms with E-state index in [-0.39, 0.29) is 0 Å². The third kappa shape index (κ3) is 3.43. The van der Waals surface area contributed by atoms with Crippen molar-refractivity contribution in [2.45, 2.75) is 44.9 Å². The molecule has 1 fully saturated rings. The summed E-state index contributed by atoms with van der Waals surface area (Å²) >= 11 is 0. The van der Waals surface area contributed by atoms with E-state index >= 15 is 0 Å². The van der Waals surface area contributed by atoms with Crippen LogP contribution in [0, 0.1) is 17.8 Å². The number of imidazole rings is 1. The lowest BCUT2D eigenvalue weighted by molar-refractivity contribution is 0.299. The molecule has 2 rings (SSSR count). The monoisotopic (exact) mass is 202 g/mol. The van der Waals surface area contributed by atoms with Gasteiger partial charge in [-0.2, -0.15) is 0 Å². The fraction of sp³-hybridized carbons (Fsp3) is 0.615. The van der Waals surface area contributed by atoms with Crippen LogP contribution < -0.4 is 0 Å². The first kappa shape index (κ1) is 10.3. The van der Waals surface area contributed by atoms with Crippen LogP contribution in [0.3, 0.4) is 0 Å². The number of aryl methyl sites for hydroxylation is 1. The van der Waals surface area contributed by atoms with Gasteiger partial charge in [0.1, 0.15) is 0 Å². The van der Waals surface area contributed by atoms with Crippen molar-refractivity contribution in [1.29, 1.82) is 0 Å². The van der Waals surface area contributed by atoms with Gasteiger partial charge in [-0.25, -0.2) is 4.98 Å². The molecule has 2 nitrogen and oxygen atoms in total. The number of hydrogen-bond acceptors (Lipinski definition) is 1. The van der Waals surface area contributed by atoms with Crippen LogP contribution in [0.5, 0.6) is 0 Å². The number of hydrogen-bond donors (Lipinski definition) is 1. The largest absolute Gasteiger partial charge is 0.348 e. The second-order valence-electron chi connectivity index (χ2n) is 4.27. The quantitative estimate of drug-likeness (QED) is 0.747. The Morgan fingerprint density at radius 3 is 2.87 bits per heavy atom. The second-order valence-corrected chi connectivity index (χ2v) is 4.27. The van der Waals surface area contributed by atoms with Crippen molar-refractivity contribution in [3.63, 3.8) is 0 Å². The molecule has 0 bridgehead atoms. The highest BCUT2D eigenvalue weighted by Gasteiger charge is 2.15. The van der Waals surface area contributed by atoms with Gasteiger partial charge in [0, 0.05) is 24.7 Å². The van der Waals surface area contributed by atoms with Crippen LogP contribution in [-0.2, 0) is 6.42 Å². The molecule has 0 atom stereocenters. The lowest BCUT2D eigenvalue weighted by atomic mass is 9.82. The number of aromatic nitrogens is 2. The second kappa shape index (κ2) is 5.60. The summed E-state index contributed by atoms with van der Waals surface area (Å²) in [5.74, 6) is 7.48. The standard InChI is InChI=1S/C13H18N2/c1(3-6-12-7-5-8-12)2-4-9-13-10-14-11-15-13/h10-12H,3-9H2,(H,14,15). The van der Waals surface area contributed by atoms with E-state index in [1.54, 1.807) is 6.33 Å². The van der Waals surface area contributed by atoms with Gasteiger partial charge in [0.05, 0.1) is 6.33 Å². The topological polar surface area (TPSA) is 28.7 Å². The Bertz CT molecular complexity index is 325. The molecule has 1 N–H and O–H groups in total. The molecule has 0 radical (unpaired) electrons. The van der Waals surface area contributed by atoms with Gasteiger partial charge in [0.25, 0.3) is 0 Å². The Morgan fingerprint density at radius 1 is 1.33 bits per heavy atom. The number of nitrogens with zero attached hydrogens (tertiary/aromatic N) is 1. The minimum absolute atomic E-state index is 0.951. The molecule has 0 aromatic carbocycles. The van der Waals surface area contributed by atoms with Crippen LogP contribution in [0.25, 0.3) is 0 Å². The first-order valence-corrected chi connectivity index (χ1v) is 5.88. The maximum Gasteiger partial charge on any atom is 0.0921 e. The number of nitrogens with one attached hydrogen (secondary N) is 1. The summed E-state index contributed by atoms with van der Waals surface area (Å²) in [6, 6.07) is 0. The lowest BCUT2D eigenvalue weighted by Gasteiger charge is -2.23. The predicted octanol–water partition coefficient (Wildman–Crippen LogP) is 2.93. The Kier molecular flexibility index (Phi) is 3.84. The molecule has 0 amide bonds. The van der Waals surface area contributed by atoms with Crippen molar-refractivity contribution in [3.8, 4) is 11.8 Å². The van der Waals surface area contributed by atoms with E-state index in [0.717, 1.165) is 25.2 Å². The smallest absolute Gasteiger partial charge is 0.0921 e. The highest BCUT2D eigenvalue weighted by Crippen LogP contribution is 2.29. The van der Waals surface area contributed by atoms with Crippen molar-refractivity contribution >= 4 is 0 Å². The van der Waals surface area contributed by atoms with Gasteiger partial charge in [-0.15, -0.1) is 11.8 Å². The van der Waals surface area contributed by atoms with E-state index < -0.39 is 0 Å². The zero-order chi connectivity index (χ0) is 10.3. The molecule has 0 aliphatic heterocycles. The fourth-order valence-electron chi connectivity index (χ4n) is 1.85. The van der Waals surface area contributed by atoms with Gasteiger partial charge in [-0.1, -0.05) is 19.3 Å². The third-order valence-corrected chi connectivity index (χ3v) is 3.10. The minimum atomic E-state index is 0.951. The molecule has 0 saturated heterocycles. The van der Waals surface area contributed by atoms with Crippen LogP contribution >= 0.6 is 0 Å². The summed E-state index contributed by atoms with van der Waals surface area (Å²) < 4.78 is 0. The molecule has 1 heterocycles. The Labute approximate surface area is 91.5 Å². The maximum absolute atomic E-state index is 3.98. The molecule has 1 aromatic heterocycles. The molecule has 0 unspecified atom stereocenters. The summed E-state index contributed by atoms with van der Waals surface area (Å²) in [6.45, 7) is 0. The first-order valence-electron chi connectivity index (χ1n) is 5.88. The van der Waals surface area contributed by atoms with E-state index in [0.29, 0.717) is 0 Å². The Balaban J connectivity index is 1.55. The molecule has 1 saturated carbocycles. The summed E-state index contributed by atoms with van der Waals surface area (Å²) in [5.41, 5.74) is 1.18.